The lowest BCUT2D eigenvalue weighted by molar-refractivity contribution is -0.138. The fraction of sp³-hybridized carbons (Fsp3) is 0.333. The van der Waals surface area contributed by atoms with Crippen molar-refractivity contribution in [1.82, 2.24) is 9.55 Å². The number of alkyl halides is 3. The number of aromatic nitrogens is 2. The van der Waals surface area contributed by atoms with Gasteiger partial charge in [-0.15, -0.1) is 0 Å². The molecular formula is C21H20F4N4O. The van der Waals surface area contributed by atoms with Gasteiger partial charge in [-0.2, -0.15) is 13.2 Å². The van der Waals surface area contributed by atoms with E-state index in [4.69, 9.17) is 5.73 Å². The van der Waals surface area contributed by atoms with Gasteiger partial charge in [-0.05, 0) is 42.7 Å². The first-order valence-electron chi connectivity index (χ1n) is 9.60. The van der Waals surface area contributed by atoms with Crippen molar-refractivity contribution in [3.8, 4) is 0 Å². The summed E-state index contributed by atoms with van der Waals surface area (Å²) >= 11 is 0. The van der Waals surface area contributed by atoms with E-state index in [1.165, 1.54) is 34.9 Å². The number of benzene rings is 2. The normalized spacial score (nSPS) is 17.5. The van der Waals surface area contributed by atoms with Crippen LogP contribution < -0.4 is 16.2 Å². The van der Waals surface area contributed by atoms with Gasteiger partial charge < -0.3 is 10.6 Å². The number of fused-ring (bicyclic) bond motifs is 1. The average molecular weight is 420 g/mol. The smallest absolute Gasteiger partial charge is 0.341 e. The number of nitrogens with zero attached hydrogens (tertiary/aromatic N) is 3. The molecule has 0 saturated carbocycles. The van der Waals surface area contributed by atoms with Gasteiger partial charge in [0.1, 0.15) is 5.82 Å². The van der Waals surface area contributed by atoms with Crippen LogP contribution in [0, 0.1) is 5.82 Å². The van der Waals surface area contributed by atoms with E-state index in [0.717, 1.165) is 25.0 Å². The van der Waals surface area contributed by atoms with Crippen molar-refractivity contribution in [3.05, 3.63) is 69.8 Å². The molecule has 5 nitrogen and oxygen atoms in total. The van der Waals surface area contributed by atoms with Crippen LogP contribution in [0.2, 0.25) is 0 Å². The topological polar surface area (TPSA) is 64.2 Å². The molecule has 9 heteroatoms. The highest BCUT2D eigenvalue weighted by Crippen LogP contribution is 2.32. The Bertz CT molecular complexity index is 1140. The molecule has 1 aromatic heterocycles. The van der Waals surface area contributed by atoms with Gasteiger partial charge in [0.25, 0.3) is 5.56 Å². The number of hydrogen-bond acceptors (Lipinski definition) is 4. The maximum Gasteiger partial charge on any atom is 0.416 e. The molecule has 0 bridgehead atoms. The van der Waals surface area contributed by atoms with Crippen molar-refractivity contribution in [2.24, 2.45) is 5.73 Å². The maximum absolute atomic E-state index is 13.8. The zero-order valence-electron chi connectivity index (χ0n) is 16.0. The van der Waals surface area contributed by atoms with Crippen LogP contribution in [0.25, 0.3) is 10.9 Å². The minimum Gasteiger partial charge on any atom is -0.341 e. The van der Waals surface area contributed by atoms with Crippen LogP contribution in [0.4, 0.5) is 23.5 Å². The first-order chi connectivity index (χ1) is 14.2. The Hall–Kier alpha value is -2.94. The fourth-order valence-electron chi connectivity index (χ4n) is 3.86. The second-order valence-electron chi connectivity index (χ2n) is 7.47. The quantitative estimate of drug-likeness (QED) is 0.659. The van der Waals surface area contributed by atoms with Crippen LogP contribution in [0.15, 0.2) is 47.3 Å². The first kappa shape index (κ1) is 20.3. The van der Waals surface area contributed by atoms with Crippen molar-refractivity contribution in [2.75, 3.05) is 18.0 Å². The highest BCUT2D eigenvalue weighted by atomic mass is 19.4. The van der Waals surface area contributed by atoms with Crippen molar-refractivity contribution in [1.29, 1.82) is 0 Å². The number of nitrogens with two attached hydrogens (primary N) is 1. The number of piperidine rings is 1. The second kappa shape index (κ2) is 7.71. The van der Waals surface area contributed by atoms with Crippen LogP contribution in [-0.4, -0.2) is 28.7 Å². The maximum atomic E-state index is 13.8. The molecule has 1 unspecified atom stereocenters. The van der Waals surface area contributed by atoms with Crippen molar-refractivity contribution >= 4 is 16.9 Å². The molecule has 1 aliphatic heterocycles. The van der Waals surface area contributed by atoms with Gasteiger partial charge in [-0.25, -0.2) is 9.37 Å². The number of rotatable bonds is 3. The molecule has 0 radical (unpaired) electrons. The molecule has 2 N–H and O–H groups in total. The monoisotopic (exact) mass is 420 g/mol. The molecule has 30 heavy (non-hydrogen) atoms. The standard InChI is InChI=1S/C21H20F4N4O/c22-14-7-8-18-16(10-14)19(30)29(20(27-18)28-9-3-5-15(26)12-28)11-13-4-1-2-6-17(13)21(23,24)25/h1-2,4,6-8,10,15H,3,5,9,11-12,26H2. The number of hydrogen-bond donors (Lipinski definition) is 1. The van der Waals surface area contributed by atoms with E-state index in [0.29, 0.717) is 13.1 Å². The summed E-state index contributed by atoms with van der Waals surface area (Å²) in [7, 11) is 0. The largest absolute Gasteiger partial charge is 0.416 e. The van der Waals surface area contributed by atoms with Crippen LogP contribution in [0.5, 0.6) is 0 Å². The van der Waals surface area contributed by atoms with Crippen LogP contribution in [0.1, 0.15) is 24.0 Å². The predicted octanol–water partition coefficient (Wildman–Crippen LogP) is 3.53. The highest BCUT2D eigenvalue weighted by molar-refractivity contribution is 5.79. The summed E-state index contributed by atoms with van der Waals surface area (Å²) < 4.78 is 55.4. The van der Waals surface area contributed by atoms with E-state index in [2.05, 4.69) is 4.98 Å². The predicted molar refractivity (Wildman–Crippen MR) is 106 cm³/mol. The summed E-state index contributed by atoms with van der Waals surface area (Å²) in [6.07, 6.45) is -2.97. The first-order valence-corrected chi connectivity index (χ1v) is 9.60. The molecule has 1 saturated heterocycles. The third kappa shape index (κ3) is 3.89. The average Bonchev–Trinajstić information content (AvgIpc) is 2.70. The summed E-state index contributed by atoms with van der Waals surface area (Å²) in [5.74, 6) is -0.373. The van der Waals surface area contributed by atoms with E-state index in [-0.39, 0.29) is 35.0 Å². The Kier molecular flexibility index (Phi) is 5.23. The minimum atomic E-state index is -4.57. The van der Waals surface area contributed by atoms with Crippen molar-refractivity contribution < 1.29 is 17.6 Å². The molecule has 1 atom stereocenters. The molecule has 0 spiro atoms. The lowest BCUT2D eigenvalue weighted by Gasteiger charge is -2.33. The zero-order valence-corrected chi connectivity index (χ0v) is 16.0. The molecular weight excluding hydrogens is 400 g/mol. The van der Waals surface area contributed by atoms with E-state index >= 15 is 0 Å². The third-order valence-electron chi connectivity index (χ3n) is 5.29. The molecule has 2 heterocycles. The van der Waals surface area contributed by atoms with Crippen molar-refractivity contribution in [3.63, 3.8) is 0 Å². The Morgan fingerprint density at radius 3 is 2.67 bits per heavy atom. The molecule has 1 fully saturated rings. The molecule has 0 amide bonds. The van der Waals surface area contributed by atoms with Gasteiger partial charge in [0.05, 0.1) is 23.0 Å². The fourth-order valence-corrected chi connectivity index (χ4v) is 3.86. The summed E-state index contributed by atoms with van der Waals surface area (Å²) in [6, 6.07) is 8.62. The van der Waals surface area contributed by atoms with Gasteiger partial charge in [0.2, 0.25) is 5.95 Å². The molecule has 158 valence electrons. The molecule has 4 rings (SSSR count). The van der Waals surface area contributed by atoms with E-state index in [1.54, 1.807) is 0 Å². The van der Waals surface area contributed by atoms with Crippen LogP contribution in [-0.2, 0) is 12.7 Å². The Balaban J connectivity index is 1.90. The Labute approximate surface area is 169 Å². The highest BCUT2D eigenvalue weighted by Gasteiger charge is 2.33. The van der Waals surface area contributed by atoms with Gasteiger partial charge in [0.15, 0.2) is 0 Å². The molecule has 0 aliphatic carbocycles. The third-order valence-corrected chi connectivity index (χ3v) is 5.29. The summed E-state index contributed by atoms with van der Waals surface area (Å²) in [4.78, 5) is 19.5. The van der Waals surface area contributed by atoms with E-state index in [9.17, 15) is 22.4 Å². The number of anilines is 1. The number of halogens is 4. The van der Waals surface area contributed by atoms with Crippen LogP contribution in [0.3, 0.4) is 0 Å². The van der Waals surface area contributed by atoms with Gasteiger partial charge in [-0.1, -0.05) is 18.2 Å². The zero-order chi connectivity index (χ0) is 21.5. The van der Waals surface area contributed by atoms with E-state index in [1.807, 2.05) is 4.90 Å². The Morgan fingerprint density at radius 2 is 1.93 bits per heavy atom. The minimum absolute atomic E-state index is 0.0181. The SMILES string of the molecule is NC1CCCN(c2nc3ccc(F)cc3c(=O)n2Cc2ccccc2C(F)(F)F)C1. The van der Waals surface area contributed by atoms with Gasteiger partial charge >= 0.3 is 6.18 Å². The summed E-state index contributed by atoms with van der Waals surface area (Å²) in [5.41, 5.74) is 4.87. The van der Waals surface area contributed by atoms with E-state index < -0.39 is 23.1 Å². The second-order valence-corrected chi connectivity index (χ2v) is 7.47. The van der Waals surface area contributed by atoms with Crippen LogP contribution >= 0.6 is 0 Å². The van der Waals surface area contributed by atoms with Gasteiger partial charge in [0, 0.05) is 19.1 Å². The van der Waals surface area contributed by atoms with Gasteiger partial charge in [-0.3, -0.25) is 9.36 Å². The molecule has 2 aromatic carbocycles. The molecule has 3 aromatic rings. The van der Waals surface area contributed by atoms with Crippen molar-refractivity contribution in [2.45, 2.75) is 31.6 Å². The summed E-state index contributed by atoms with van der Waals surface area (Å²) in [6.45, 7) is 0.670. The summed E-state index contributed by atoms with van der Waals surface area (Å²) in [5, 5.41) is 0.0181. The molecule has 1 aliphatic rings. The lowest BCUT2D eigenvalue weighted by atomic mass is 10.1. The lowest BCUT2D eigenvalue weighted by Crippen LogP contribution is -2.45. The Morgan fingerprint density at radius 1 is 1.17 bits per heavy atom.